The van der Waals surface area contributed by atoms with Crippen molar-refractivity contribution in [1.82, 2.24) is 4.98 Å². The molecule has 0 aliphatic heterocycles. The number of anilines is 1. The lowest BCUT2D eigenvalue weighted by molar-refractivity contribution is 0.0696. The molecule has 0 amide bonds. The van der Waals surface area contributed by atoms with Crippen LogP contribution in [0.5, 0.6) is 0 Å². The van der Waals surface area contributed by atoms with E-state index in [-0.39, 0.29) is 5.01 Å². The fraction of sp³-hybridized carbons (Fsp3) is 0.0909. The Labute approximate surface area is 117 Å². The lowest BCUT2D eigenvalue weighted by Crippen LogP contribution is -1.95. The number of aromatic nitrogens is 1. The SMILES string of the molecule is Nc1ccc(SCc2csc(C(=O)O)n2)cc1Cl. The van der Waals surface area contributed by atoms with Crippen molar-refractivity contribution in [2.24, 2.45) is 0 Å². The highest BCUT2D eigenvalue weighted by Crippen LogP contribution is 2.28. The molecule has 7 heteroatoms. The highest BCUT2D eigenvalue weighted by atomic mass is 35.5. The van der Waals surface area contributed by atoms with Crippen LogP contribution in [-0.2, 0) is 5.75 Å². The Morgan fingerprint density at radius 3 is 2.94 bits per heavy atom. The van der Waals surface area contributed by atoms with Crippen LogP contribution < -0.4 is 5.73 Å². The number of nitrogen functional groups attached to an aromatic ring is 1. The van der Waals surface area contributed by atoms with Gasteiger partial charge >= 0.3 is 5.97 Å². The summed E-state index contributed by atoms with van der Waals surface area (Å²) in [5, 5.41) is 11.1. The molecule has 1 heterocycles. The quantitative estimate of drug-likeness (QED) is 0.669. The summed E-state index contributed by atoms with van der Waals surface area (Å²) in [5.74, 6) is -0.393. The summed E-state index contributed by atoms with van der Waals surface area (Å²) in [6.45, 7) is 0. The Hall–Kier alpha value is -1.24. The number of aromatic carboxylic acids is 1. The average Bonchev–Trinajstić information content (AvgIpc) is 2.79. The summed E-state index contributed by atoms with van der Waals surface area (Å²) < 4.78 is 0. The number of thiazole rings is 1. The first-order valence-electron chi connectivity index (χ1n) is 4.92. The zero-order chi connectivity index (χ0) is 13.1. The van der Waals surface area contributed by atoms with E-state index < -0.39 is 5.97 Å². The van der Waals surface area contributed by atoms with Crippen LogP contribution >= 0.6 is 34.7 Å². The summed E-state index contributed by atoms with van der Waals surface area (Å²) in [6, 6.07) is 5.40. The largest absolute Gasteiger partial charge is 0.476 e. The number of rotatable bonds is 4. The van der Waals surface area contributed by atoms with Gasteiger partial charge < -0.3 is 10.8 Å². The number of nitrogens with zero attached hydrogens (tertiary/aromatic N) is 1. The second-order valence-corrected chi connectivity index (χ2v) is 5.74. The molecule has 3 N–H and O–H groups in total. The van der Waals surface area contributed by atoms with Crippen molar-refractivity contribution in [3.05, 3.63) is 39.3 Å². The third-order valence-electron chi connectivity index (χ3n) is 2.09. The van der Waals surface area contributed by atoms with E-state index in [9.17, 15) is 4.79 Å². The van der Waals surface area contributed by atoms with Gasteiger partial charge in [0.05, 0.1) is 16.4 Å². The van der Waals surface area contributed by atoms with Crippen LogP contribution in [0.4, 0.5) is 5.69 Å². The van der Waals surface area contributed by atoms with Crippen molar-refractivity contribution < 1.29 is 9.90 Å². The van der Waals surface area contributed by atoms with Gasteiger partial charge in [-0.2, -0.15) is 0 Å². The number of carboxylic acids is 1. The van der Waals surface area contributed by atoms with E-state index >= 15 is 0 Å². The van der Waals surface area contributed by atoms with Crippen molar-refractivity contribution >= 4 is 46.4 Å². The van der Waals surface area contributed by atoms with Crippen LogP contribution in [0.15, 0.2) is 28.5 Å². The minimum absolute atomic E-state index is 0.112. The molecule has 0 spiro atoms. The fourth-order valence-electron chi connectivity index (χ4n) is 1.23. The first-order chi connectivity index (χ1) is 8.56. The Morgan fingerprint density at radius 1 is 1.56 bits per heavy atom. The molecule has 0 bridgehead atoms. The second kappa shape index (κ2) is 5.60. The standard InChI is InChI=1S/C11H9ClN2O2S2/c12-8-3-7(1-2-9(8)13)17-4-6-5-18-10(14-6)11(15)16/h1-3,5H,4,13H2,(H,15,16). The van der Waals surface area contributed by atoms with E-state index in [4.69, 9.17) is 22.4 Å². The van der Waals surface area contributed by atoms with E-state index in [1.54, 1.807) is 17.5 Å². The molecule has 0 atom stereocenters. The molecule has 1 aromatic carbocycles. The van der Waals surface area contributed by atoms with E-state index in [2.05, 4.69) is 4.98 Å². The van der Waals surface area contributed by atoms with Gasteiger partial charge in [-0.05, 0) is 18.2 Å². The molecule has 0 unspecified atom stereocenters. The maximum atomic E-state index is 10.7. The molecule has 0 radical (unpaired) electrons. The average molecular weight is 301 g/mol. The number of hydrogen-bond donors (Lipinski definition) is 2. The number of hydrogen-bond acceptors (Lipinski definition) is 5. The van der Waals surface area contributed by atoms with Crippen molar-refractivity contribution in [3.8, 4) is 0 Å². The molecule has 2 rings (SSSR count). The summed E-state index contributed by atoms with van der Waals surface area (Å²) >= 11 is 8.57. The topological polar surface area (TPSA) is 76.2 Å². The van der Waals surface area contributed by atoms with Crippen molar-refractivity contribution in [3.63, 3.8) is 0 Å². The summed E-state index contributed by atoms with van der Waals surface area (Å²) in [7, 11) is 0. The predicted molar refractivity (Wildman–Crippen MR) is 74.5 cm³/mol. The molecule has 94 valence electrons. The molecule has 2 aromatic rings. The monoisotopic (exact) mass is 300 g/mol. The maximum Gasteiger partial charge on any atom is 0.365 e. The third-order valence-corrected chi connectivity index (χ3v) is 4.33. The minimum Gasteiger partial charge on any atom is -0.476 e. The van der Waals surface area contributed by atoms with E-state index in [0.29, 0.717) is 16.5 Å². The van der Waals surface area contributed by atoms with Crippen LogP contribution in [0.25, 0.3) is 0 Å². The Bertz CT molecular complexity index is 586. The van der Waals surface area contributed by atoms with E-state index in [0.717, 1.165) is 21.9 Å². The van der Waals surface area contributed by atoms with Gasteiger partial charge in [-0.1, -0.05) is 11.6 Å². The molecule has 18 heavy (non-hydrogen) atoms. The highest BCUT2D eigenvalue weighted by molar-refractivity contribution is 7.98. The summed E-state index contributed by atoms with van der Waals surface area (Å²) in [6.07, 6.45) is 0. The predicted octanol–water partition coefficient (Wildman–Crippen LogP) is 3.37. The van der Waals surface area contributed by atoms with Gasteiger partial charge in [0.15, 0.2) is 0 Å². The maximum absolute atomic E-state index is 10.7. The van der Waals surface area contributed by atoms with Crippen LogP contribution in [-0.4, -0.2) is 16.1 Å². The molecule has 4 nitrogen and oxygen atoms in total. The molecule has 0 fully saturated rings. The highest BCUT2D eigenvalue weighted by Gasteiger charge is 2.09. The van der Waals surface area contributed by atoms with Crippen molar-refractivity contribution in [2.45, 2.75) is 10.6 Å². The van der Waals surface area contributed by atoms with E-state index in [1.165, 1.54) is 11.8 Å². The number of halogens is 1. The van der Waals surface area contributed by atoms with Gasteiger partial charge in [-0.3, -0.25) is 0 Å². The van der Waals surface area contributed by atoms with Crippen molar-refractivity contribution in [1.29, 1.82) is 0 Å². The lowest BCUT2D eigenvalue weighted by atomic mass is 10.3. The van der Waals surface area contributed by atoms with Gasteiger partial charge in [0.2, 0.25) is 5.01 Å². The molecule has 0 saturated heterocycles. The second-order valence-electron chi connectivity index (χ2n) is 3.42. The Balaban J connectivity index is 2.02. The summed E-state index contributed by atoms with van der Waals surface area (Å²) in [5.41, 5.74) is 6.91. The van der Waals surface area contributed by atoms with Crippen LogP contribution in [0.2, 0.25) is 5.02 Å². The molecule has 1 aromatic heterocycles. The number of nitrogens with two attached hydrogens (primary N) is 1. The van der Waals surface area contributed by atoms with E-state index in [1.807, 2.05) is 6.07 Å². The number of carbonyl (C=O) groups is 1. The van der Waals surface area contributed by atoms with Gasteiger partial charge in [0.1, 0.15) is 0 Å². The van der Waals surface area contributed by atoms with Gasteiger partial charge in [0.25, 0.3) is 0 Å². The zero-order valence-electron chi connectivity index (χ0n) is 9.09. The number of thioether (sulfide) groups is 1. The zero-order valence-corrected chi connectivity index (χ0v) is 11.5. The van der Waals surface area contributed by atoms with Crippen LogP contribution in [0.1, 0.15) is 15.5 Å². The Morgan fingerprint density at radius 2 is 2.33 bits per heavy atom. The lowest BCUT2D eigenvalue weighted by Gasteiger charge is -2.02. The van der Waals surface area contributed by atoms with Gasteiger partial charge in [-0.15, -0.1) is 23.1 Å². The molecule has 0 saturated carbocycles. The first-order valence-corrected chi connectivity index (χ1v) is 7.16. The van der Waals surface area contributed by atoms with Crippen LogP contribution in [0, 0.1) is 0 Å². The molecule has 0 aliphatic rings. The smallest absolute Gasteiger partial charge is 0.365 e. The van der Waals surface area contributed by atoms with Crippen LogP contribution in [0.3, 0.4) is 0 Å². The number of carboxylic acid groups (broad SMARTS) is 1. The third kappa shape index (κ3) is 3.16. The molecule has 0 aliphatic carbocycles. The van der Waals surface area contributed by atoms with Crippen molar-refractivity contribution in [2.75, 3.05) is 5.73 Å². The first kappa shape index (κ1) is 13.2. The molecular formula is C11H9ClN2O2S2. The van der Waals surface area contributed by atoms with Gasteiger partial charge in [-0.25, -0.2) is 9.78 Å². The van der Waals surface area contributed by atoms with Gasteiger partial charge in [0, 0.05) is 16.0 Å². The summed E-state index contributed by atoms with van der Waals surface area (Å²) in [4.78, 5) is 15.7. The molecular weight excluding hydrogens is 292 g/mol. The minimum atomic E-state index is -0.994. The normalized spacial score (nSPS) is 10.5. The Kier molecular flexibility index (Phi) is 4.11. The number of benzene rings is 1. The fourth-order valence-corrected chi connectivity index (χ4v) is 3.06.